The van der Waals surface area contributed by atoms with Crippen LogP contribution >= 0.6 is 11.6 Å². The van der Waals surface area contributed by atoms with Gasteiger partial charge in [-0.05, 0) is 74.8 Å². The summed E-state index contributed by atoms with van der Waals surface area (Å²) in [4.78, 5) is 39.6. The number of carbonyl (C=O) groups is 1. The number of halogens is 1. The lowest BCUT2D eigenvalue weighted by Crippen LogP contribution is -2.21. The van der Waals surface area contributed by atoms with Gasteiger partial charge in [-0.2, -0.15) is 4.98 Å². The molecule has 5 rings (SSSR count). The maximum atomic E-state index is 13.0. The van der Waals surface area contributed by atoms with Gasteiger partial charge in [0.15, 0.2) is 0 Å². The molecule has 1 amide bonds. The number of fused-ring (bicyclic) bond motifs is 1. The van der Waals surface area contributed by atoms with E-state index in [2.05, 4.69) is 25.6 Å². The fraction of sp³-hybridized carbons (Fsp3) is 0.133. The number of nitrogens with one attached hydrogen (secondary N) is 3. The summed E-state index contributed by atoms with van der Waals surface area (Å²) in [6.07, 6.45) is 1.64. The molecule has 0 fully saturated rings. The van der Waals surface area contributed by atoms with Gasteiger partial charge in [-0.1, -0.05) is 29.8 Å². The van der Waals surface area contributed by atoms with Crippen molar-refractivity contribution in [1.82, 2.24) is 19.9 Å². The minimum Gasteiger partial charge on any atom is -0.457 e. The second-order valence-corrected chi connectivity index (χ2v) is 9.74. The Morgan fingerprint density at radius 2 is 1.73 bits per heavy atom. The molecule has 9 nitrogen and oxygen atoms in total. The number of benzene rings is 3. The molecule has 5 aromatic rings. The lowest BCUT2D eigenvalue weighted by atomic mass is 10.1. The molecule has 2 aromatic heterocycles. The Bertz CT molecular complexity index is 1710. The van der Waals surface area contributed by atoms with Gasteiger partial charge in [0.2, 0.25) is 5.95 Å². The Kier molecular flexibility index (Phi) is 8.04. The number of nitrogens with zero attached hydrogens (tertiary/aromatic N) is 3. The summed E-state index contributed by atoms with van der Waals surface area (Å²) in [6.45, 7) is 1.48. The van der Waals surface area contributed by atoms with Gasteiger partial charge in [-0.3, -0.25) is 9.59 Å². The normalized spacial score (nSPS) is 11.0. The van der Waals surface area contributed by atoms with Gasteiger partial charge in [0.1, 0.15) is 17.1 Å². The van der Waals surface area contributed by atoms with Crippen LogP contribution < -0.4 is 20.9 Å². The van der Waals surface area contributed by atoms with Crippen LogP contribution in [0.15, 0.2) is 89.9 Å². The predicted octanol–water partition coefficient (Wildman–Crippen LogP) is 5.66. The Morgan fingerprint density at radius 1 is 0.975 bits per heavy atom. The SMILES string of the molecule is CN(C)CCNc1ncc2cc(-c3cc(NC(=O)c4ccc(Oc5ccccc5)cc4)ccc3Cl)c(=O)[nH]c2n1. The molecule has 0 bridgehead atoms. The number of ether oxygens (including phenoxy) is 1. The lowest BCUT2D eigenvalue weighted by molar-refractivity contribution is 0.102. The molecule has 0 unspecified atom stereocenters. The number of H-pyrrole nitrogens is 1. The van der Waals surface area contributed by atoms with E-state index in [-0.39, 0.29) is 11.5 Å². The summed E-state index contributed by atoms with van der Waals surface area (Å²) in [7, 11) is 3.96. The van der Waals surface area contributed by atoms with Gasteiger partial charge >= 0.3 is 0 Å². The maximum absolute atomic E-state index is 13.0. The fourth-order valence-electron chi connectivity index (χ4n) is 3.98. The second kappa shape index (κ2) is 12.0. The Hall–Kier alpha value is -4.73. The monoisotopic (exact) mass is 554 g/mol. The quantitative estimate of drug-likeness (QED) is 0.215. The number of para-hydroxylation sites is 1. The first-order valence-electron chi connectivity index (χ1n) is 12.6. The highest BCUT2D eigenvalue weighted by molar-refractivity contribution is 6.33. The average molecular weight is 555 g/mol. The molecule has 0 saturated heterocycles. The minimum absolute atomic E-state index is 0.311. The Morgan fingerprint density at radius 3 is 2.48 bits per heavy atom. The zero-order chi connectivity index (χ0) is 28.1. The molecule has 0 saturated carbocycles. The van der Waals surface area contributed by atoms with Crippen LogP contribution in [0.4, 0.5) is 11.6 Å². The number of aromatic amines is 1. The highest BCUT2D eigenvalue weighted by atomic mass is 35.5. The minimum atomic E-state index is -0.357. The third kappa shape index (κ3) is 6.45. The van der Waals surface area contributed by atoms with Crippen molar-refractivity contribution in [2.75, 3.05) is 37.8 Å². The highest BCUT2D eigenvalue weighted by Crippen LogP contribution is 2.30. The lowest BCUT2D eigenvalue weighted by Gasteiger charge is -2.11. The van der Waals surface area contributed by atoms with Crippen molar-refractivity contribution in [3.63, 3.8) is 0 Å². The van der Waals surface area contributed by atoms with Crippen molar-refractivity contribution in [2.45, 2.75) is 0 Å². The smallest absolute Gasteiger partial charge is 0.257 e. The first kappa shape index (κ1) is 26.9. The number of anilines is 2. The van der Waals surface area contributed by atoms with E-state index in [1.54, 1.807) is 54.7 Å². The van der Waals surface area contributed by atoms with E-state index in [1.807, 2.05) is 49.3 Å². The number of carbonyl (C=O) groups excluding carboxylic acids is 1. The number of hydrogen-bond acceptors (Lipinski definition) is 7. The average Bonchev–Trinajstić information content (AvgIpc) is 2.94. The molecule has 40 heavy (non-hydrogen) atoms. The van der Waals surface area contributed by atoms with Crippen LogP contribution in [-0.4, -0.2) is 52.9 Å². The standard InChI is InChI=1S/C30H27ClN6O3/c1-37(2)15-14-32-30-33-18-20-16-25(29(39)35-27(20)36-30)24-17-21(10-13-26(24)31)34-28(38)19-8-11-23(12-9-19)40-22-6-4-3-5-7-22/h3-13,16-18H,14-15H2,1-2H3,(H,34,38)(H2,32,33,35,36,39). The molecule has 0 atom stereocenters. The van der Waals surface area contributed by atoms with Crippen molar-refractivity contribution in [3.8, 4) is 22.6 Å². The number of pyridine rings is 1. The number of likely N-dealkylation sites (N-methyl/N-ethyl adjacent to an activating group) is 1. The molecule has 3 aromatic carbocycles. The topological polar surface area (TPSA) is 112 Å². The zero-order valence-corrected chi connectivity index (χ0v) is 22.7. The number of hydrogen-bond donors (Lipinski definition) is 3. The predicted molar refractivity (Wildman–Crippen MR) is 159 cm³/mol. The Labute approximate surface area is 235 Å². The van der Waals surface area contributed by atoms with E-state index < -0.39 is 0 Å². The molecule has 2 heterocycles. The Balaban J connectivity index is 1.33. The second-order valence-electron chi connectivity index (χ2n) is 9.33. The number of rotatable bonds is 9. The highest BCUT2D eigenvalue weighted by Gasteiger charge is 2.14. The molecule has 0 aliphatic carbocycles. The number of aromatic nitrogens is 3. The van der Waals surface area contributed by atoms with Gasteiger partial charge in [-0.15, -0.1) is 0 Å². The molecule has 3 N–H and O–H groups in total. The molecular formula is C30H27ClN6O3. The van der Waals surface area contributed by atoms with Gasteiger partial charge in [0, 0.05) is 52.1 Å². The van der Waals surface area contributed by atoms with E-state index in [0.29, 0.717) is 62.4 Å². The van der Waals surface area contributed by atoms with Crippen molar-refractivity contribution in [2.24, 2.45) is 0 Å². The summed E-state index contributed by atoms with van der Waals surface area (Å²) < 4.78 is 5.79. The van der Waals surface area contributed by atoms with E-state index in [9.17, 15) is 9.59 Å². The van der Waals surface area contributed by atoms with Gasteiger partial charge in [-0.25, -0.2) is 4.98 Å². The molecule has 10 heteroatoms. The van der Waals surface area contributed by atoms with Crippen LogP contribution in [0.1, 0.15) is 10.4 Å². The number of amides is 1. The first-order chi connectivity index (χ1) is 19.4. The van der Waals surface area contributed by atoms with E-state index in [0.717, 1.165) is 6.54 Å². The summed E-state index contributed by atoms with van der Waals surface area (Å²) >= 11 is 6.47. The summed E-state index contributed by atoms with van der Waals surface area (Å²) in [6, 6.07) is 22.9. The molecule has 0 aliphatic rings. The molecule has 0 radical (unpaired) electrons. The molecule has 0 aliphatic heterocycles. The van der Waals surface area contributed by atoms with Crippen LogP contribution in [0.3, 0.4) is 0 Å². The van der Waals surface area contributed by atoms with Crippen molar-refractivity contribution >= 4 is 40.2 Å². The van der Waals surface area contributed by atoms with Crippen LogP contribution in [-0.2, 0) is 0 Å². The van der Waals surface area contributed by atoms with Crippen molar-refractivity contribution in [3.05, 3.63) is 106 Å². The third-order valence-electron chi connectivity index (χ3n) is 6.05. The largest absolute Gasteiger partial charge is 0.457 e. The summed E-state index contributed by atoms with van der Waals surface area (Å²) in [5, 5.41) is 7.03. The summed E-state index contributed by atoms with van der Waals surface area (Å²) in [5.41, 5.74) is 1.81. The van der Waals surface area contributed by atoms with Gasteiger partial charge < -0.3 is 25.3 Å². The maximum Gasteiger partial charge on any atom is 0.257 e. The molecular weight excluding hydrogens is 528 g/mol. The molecule has 0 spiro atoms. The van der Waals surface area contributed by atoms with E-state index in [1.165, 1.54) is 0 Å². The third-order valence-corrected chi connectivity index (χ3v) is 6.37. The van der Waals surface area contributed by atoms with Crippen LogP contribution in [0.2, 0.25) is 5.02 Å². The zero-order valence-electron chi connectivity index (χ0n) is 21.9. The van der Waals surface area contributed by atoms with E-state index in [4.69, 9.17) is 16.3 Å². The van der Waals surface area contributed by atoms with Crippen LogP contribution in [0.5, 0.6) is 11.5 Å². The first-order valence-corrected chi connectivity index (χ1v) is 13.0. The van der Waals surface area contributed by atoms with Crippen LogP contribution in [0.25, 0.3) is 22.2 Å². The van der Waals surface area contributed by atoms with Gasteiger partial charge in [0.25, 0.3) is 11.5 Å². The van der Waals surface area contributed by atoms with Crippen molar-refractivity contribution in [1.29, 1.82) is 0 Å². The van der Waals surface area contributed by atoms with Gasteiger partial charge in [0.05, 0.1) is 0 Å². The van der Waals surface area contributed by atoms with Crippen molar-refractivity contribution < 1.29 is 9.53 Å². The summed E-state index contributed by atoms with van der Waals surface area (Å²) in [5.74, 6) is 1.45. The van der Waals surface area contributed by atoms with Crippen LogP contribution in [0, 0.1) is 0 Å². The van der Waals surface area contributed by atoms with E-state index >= 15 is 0 Å². The fourth-order valence-corrected chi connectivity index (χ4v) is 4.20. The molecule has 202 valence electrons.